The van der Waals surface area contributed by atoms with E-state index in [1.807, 2.05) is 0 Å². The van der Waals surface area contributed by atoms with E-state index in [0.29, 0.717) is 24.3 Å². The third-order valence-corrected chi connectivity index (χ3v) is 5.90. The van der Waals surface area contributed by atoms with E-state index < -0.39 is 10.0 Å². The number of rotatable bonds is 5. The molecule has 0 bridgehead atoms. The molecule has 3 N–H and O–H groups in total. The van der Waals surface area contributed by atoms with Gasteiger partial charge in [0, 0.05) is 37.1 Å². The first-order chi connectivity index (χ1) is 12.5. The molecule has 2 aromatic rings. The Morgan fingerprint density at radius 1 is 1.15 bits per heavy atom. The second-order valence-corrected chi connectivity index (χ2v) is 7.93. The molecule has 1 aromatic carbocycles. The zero-order chi connectivity index (χ0) is 18.6. The van der Waals surface area contributed by atoms with Gasteiger partial charge in [-0.1, -0.05) is 0 Å². The fraction of sp³-hybridized carbons (Fsp3) is 0.333. The van der Waals surface area contributed by atoms with Crippen LogP contribution in [0.2, 0.25) is 0 Å². The van der Waals surface area contributed by atoms with Crippen molar-refractivity contribution in [2.24, 2.45) is 5.73 Å². The molecule has 2 heterocycles. The maximum atomic E-state index is 12.7. The summed E-state index contributed by atoms with van der Waals surface area (Å²) in [5.41, 5.74) is 6.67. The fourth-order valence-electron chi connectivity index (χ4n) is 3.09. The minimum atomic E-state index is -3.72. The van der Waals surface area contributed by atoms with Gasteiger partial charge in [0.25, 0.3) is 15.9 Å². The van der Waals surface area contributed by atoms with Crippen molar-refractivity contribution in [1.29, 1.82) is 0 Å². The molecule has 3 rings (SSSR count). The number of likely N-dealkylation sites (tertiary alicyclic amines) is 1. The van der Waals surface area contributed by atoms with Gasteiger partial charge in [-0.2, -0.15) is 0 Å². The number of nitrogens with zero attached hydrogens (tertiary/aromatic N) is 2. The highest BCUT2D eigenvalue weighted by molar-refractivity contribution is 7.92. The molecule has 1 fully saturated rings. The van der Waals surface area contributed by atoms with E-state index >= 15 is 0 Å². The van der Waals surface area contributed by atoms with Crippen LogP contribution in [0.5, 0.6) is 0 Å². The van der Waals surface area contributed by atoms with Gasteiger partial charge in [0.15, 0.2) is 0 Å². The number of pyridine rings is 1. The minimum absolute atomic E-state index is 0.0491. The normalized spacial score (nSPS) is 17.7. The summed E-state index contributed by atoms with van der Waals surface area (Å²) in [5, 5.41) is 0. The summed E-state index contributed by atoms with van der Waals surface area (Å²) in [6.45, 7) is 1.12. The molecule has 1 aliphatic heterocycles. The van der Waals surface area contributed by atoms with Crippen molar-refractivity contribution in [3.63, 3.8) is 0 Å². The number of nitrogens with two attached hydrogens (primary N) is 1. The molecule has 1 aromatic heterocycles. The second kappa shape index (κ2) is 7.84. The first-order valence-corrected chi connectivity index (χ1v) is 10.0. The molecule has 0 spiro atoms. The van der Waals surface area contributed by atoms with Crippen molar-refractivity contribution in [1.82, 2.24) is 9.88 Å². The number of benzene rings is 1. The first-order valence-electron chi connectivity index (χ1n) is 8.55. The molecule has 1 amide bonds. The number of carbonyl (C=O) groups is 1. The van der Waals surface area contributed by atoms with Gasteiger partial charge in [-0.3, -0.25) is 14.5 Å². The average Bonchev–Trinajstić information content (AvgIpc) is 2.68. The number of hydrogen-bond acceptors (Lipinski definition) is 5. The summed E-state index contributed by atoms with van der Waals surface area (Å²) < 4.78 is 27.4. The van der Waals surface area contributed by atoms with E-state index in [1.165, 1.54) is 24.5 Å². The number of hydrogen-bond donors (Lipinski definition) is 2. The SMILES string of the molecule is NCC1CCCCN1C(=O)c1ccc(S(=O)(=O)Nc2ccncc2)cc1. The lowest BCUT2D eigenvalue weighted by atomic mass is 10.0. The van der Waals surface area contributed by atoms with Crippen LogP contribution in [-0.2, 0) is 10.0 Å². The fourth-order valence-corrected chi connectivity index (χ4v) is 4.15. The summed E-state index contributed by atoms with van der Waals surface area (Å²) in [6, 6.07) is 9.17. The average molecular weight is 374 g/mol. The Bertz CT molecular complexity index is 854. The van der Waals surface area contributed by atoms with Crippen molar-refractivity contribution >= 4 is 21.6 Å². The molecular formula is C18H22N4O3S. The van der Waals surface area contributed by atoms with Crippen LogP contribution in [0.15, 0.2) is 53.7 Å². The summed E-state index contributed by atoms with van der Waals surface area (Å²) in [6.07, 6.45) is 5.96. The number of nitrogens with one attached hydrogen (secondary N) is 1. The quantitative estimate of drug-likeness (QED) is 0.831. The lowest BCUT2D eigenvalue weighted by Gasteiger charge is -2.35. The van der Waals surface area contributed by atoms with Crippen LogP contribution in [0, 0.1) is 0 Å². The summed E-state index contributed by atoms with van der Waals surface area (Å²) in [7, 11) is -3.72. The predicted molar refractivity (Wildman–Crippen MR) is 99.2 cm³/mol. The molecule has 1 atom stereocenters. The highest BCUT2D eigenvalue weighted by Crippen LogP contribution is 2.21. The molecule has 0 aliphatic carbocycles. The number of amides is 1. The molecular weight excluding hydrogens is 352 g/mol. The van der Waals surface area contributed by atoms with Gasteiger partial charge >= 0.3 is 0 Å². The van der Waals surface area contributed by atoms with Gasteiger partial charge < -0.3 is 10.6 Å². The van der Waals surface area contributed by atoms with E-state index in [1.54, 1.807) is 29.2 Å². The number of piperidine rings is 1. The molecule has 26 heavy (non-hydrogen) atoms. The number of sulfonamides is 1. The van der Waals surface area contributed by atoms with Crippen LogP contribution < -0.4 is 10.5 Å². The minimum Gasteiger partial charge on any atom is -0.334 e. The summed E-state index contributed by atoms with van der Waals surface area (Å²) in [4.78, 5) is 18.5. The Balaban J connectivity index is 1.76. The molecule has 7 nitrogen and oxygen atoms in total. The standard InChI is InChI=1S/C18H22N4O3S/c19-13-16-3-1-2-12-22(16)18(23)14-4-6-17(7-5-14)26(24,25)21-15-8-10-20-11-9-15/h4-11,16H,1-3,12-13,19H2,(H,20,21). The maximum absolute atomic E-state index is 12.7. The Kier molecular flexibility index (Phi) is 5.53. The number of carbonyl (C=O) groups excluding carboxylic acids is 1. The second-order valence-electron chi connectivity index (χ2n) is 6.25. The topological polar surface area (TPSA) is 105 Å². The third kappa shape index (κ3) is 4.03. The molecule has 1 unspecified atom stereocenters. The van der Waals surface area contributed by atoms with E-state index in [4.69, 9.17) is 5.73 Å². The Morgan fingerprint density at radius 3 is 2.50 bits per heavy atom. The van der Waals surface area contributed by atoms with E-state index in [0.717, 1.165) is 19.3 Å². The Hall–Kier alpha value is -2.45. The Labute approximate surface area is 153 Å². The van der Waals surface area contributed by atoms with E-state index in [9.17, 15) is 13.2 Å². The van der Waals surface area contributed by atoms with E-state index in [2.05, 4.69) is 9.71 Å². The first kappa shape index (κ1) is 18.3. The summed E-state index contributed by atoms with van der Waals surface area (Å²) in [5.74, 6) is -0.105. The van der Waals surface area contributed by atoms with Crippen LogP contribution >= 0.6 is 0 Å². The lowest BCUT2D eigenvalue weighted by molar-refractivity contribution is 0.0623. The summed E-state index contributed by atoms with van der Waals surface area (Å²) >= 11 is 0. The van der Waals surface area contributed by atoms with Crippen LogP contribution in [0.3, 0.4) is 0 Å². The Morgan fingerprint density at radius 2 is 1.85 bits per heavy atom. The van der Waals surface area contributed by atoms with E-state index in [-0.39, 0.29) is 16.8 Å². The van der Waals surface area contributed by atoms with Crippen molar-refractivity contribution in [2.75, 3.05) is 17.8 Å². The van der Waals surface area contributed by atoms with Crippen molar-refractivity contribution in [3.05, 3.63) is 54.4 Å². The highest BCUT2D eigenvalue weighted by Gasteiger charge is 2.26. The molecule has 1 saturated heterocycles. The van der Waals surface area contributed by atoms with Crippen LogP contribution in [0.1, 0.15) is 29.6 Å². The monoisotopic (exact) mass is 374 g/mol. The molecule has 1 aliphatic rings. The van der Waals surface area contributed by atoms with Gasteiger partial charge in [-0.15, -0.1) is 0 Å². The zero-order valence-electron chi connectivity index (χ0n) is 14.3. The predicted octanol–water partition coefficient (Wildman–Crippen LogP) is 1.84. The smallest absolute Gasteiger partial charge is 0.261 e. The lowest BCUT2D eigenvalue weighted by Crippen LogP contribution is -2.47. The van der Waals surface area contributed by atoms with Gasteiger partial charge in [0.05, 0.1) is 10.6 Å². The molecule has 0 saturated carbocycles. The number of aromatic nitrogens is 1. The van der Waals surface area contributed by atoms with Gasteiger partial charge in [-0.05, 0) is 55.7 Å². The van der Waals surface area contributed by atoms with Crippen LogP contribution in [0.4, 0.5) is 5.69 Å². The third-order valence-electron chi connectivity index (χ3n) is 4.50. The zero-order valence-corrected chi connectivity index (χ0v) is 15.2. The number of anilines is 1. The highest BCUT2D eigenvalue weighted by atomic mass is 32.2. The van der Waals surface area contributed by atoms with Gasteiger partial charge in [0.1, 0.15) is 0 Å². The van der Waals surface area contributed by atoms with Crippen LogP contribution in [-0.4, -0.2) is 43.3 Å². The maximum Gasteiger partial charge on any atom is 0.261 e. The van der Waals surface area contributed by atoms with Crippen molar-refractivity contribution in [2.45, 2.75) is 30.2 Å². The largest absolute Gasteiger partial charge is 0.334 e. The molecule has 8 heteroatoms. The van der Waals surface area contributed by atoms with Gasteiger partial charge in [-0.25, -0.2) is 8.42 Å². The van der Waals surface area contributed by atoms with Crippen molar-refractivity contribution in [3.8, 4) is 0 Å². The van der Waals surface area contributed by atoms with Crippen LogP contribution in [0.25, 0.3) is 0 Å². The van der Waals surface area contributed by atoms with Gasteiger partial charge in [0.2, 0.25) is 0 Å². The molecule has 0 radical (unpaired) electrons. The van der Waals surface area contributed by atoms with Crippen molar-refractivity contribution < 1.29 is 13.2 Å². The molecule has 138 valence electrons.